The molecule has 0 radical (unpaired) electrons. The molecule has 0 atom stereocenters. The van der Waals surface area contributed by atoms with Gasteiger partial charge in [-0.25, -0.2) is 0 Å². The van der Waals surface area contributed by atoms with Crippen LogP contribution in [0.15, 0.2) is 18.2 Å². The Bertz CT molecular complexity index is 647. The fourth-order valence-corrected chi connectivity index (χ4v) is 3.88. The van der Waals surface area contributed by atoms with E-state index in [9.17, 15) is 9.59 Å². The van der Waals surface area contributed by atoms with Crippen molar-refractivity contribution in [3.63, 3.8) is 0 Å². The Hall–Kier alpha value is -2.24. The van der Waals surface area contributed by atoms with Gasteiger partial charge >= 0.3 is 0 Å². The first kappa shape index (κ1) is 18.5. The molecule has 142 valence electrons. The van der Waals surface area contributed by atoms with Crippen molar-refractivity contribution < 1.29 is 19.1 Å². The van der Waals surface area contributed by atoms with Crippen LogP contribution < -0.4 is 9.47 Å². The number of carbonyl (C=O) groups excluding carboxylic acids is 2. The van der Waals surface area contributed by atoms with Gasteiger partial charge in [0.05, 0.1) is 20.6 Å². The van der Waals surface area contributed by atoms with E-state index in [1.807, 2.05) is 21.9 Å². The summed E-state index contributed by atoms with van der Waals surface area (Å²) < 4.78 is 10.6. The normalized spacial score (nSPS) is 18.1. The maximum Gasteiger partial charge on any atom is 0.227 e. The number of methoxy groups -OCH3 is 2. The largest absolute Gasteiger partial charge is 0.497 e. The van der Waals surface area contributed by atoms with Gasteiger partial charge in [-0.1, -0.05) is 18.9 Å². The highest BCUT2D eigenvalue weighted by Gasteiger charge is 2.30. The molecule has 0 unspecified atom stereocenters. The summed E-state index contributed by atoms with van der Waals surface area (Å²) in [6.07, 6.45) is 4.67. The van der Waals surface area contributed by atoms with Gasteiger partial charge in [0.1, 0.15) is 11.5 Å². The van der Waals surface area contributed by atoms with Crippen LogP contribution in [0, 0.1) is 5.92 Å². The average molecular weight is 360 g/mol. The third-order valence-electron chi connectivity index (χ3n) is 5.48. The Morgan fingerprint density at radius 2 is 1.65 bits per heavy atom. The minimum Gasteiger partial charge on any atom is -0.497 e. The Morgan fingerprint density at radius 3 is 2.27 bits per heavy atom. The van der Waals surface area contributed by atoms with E-state index in [1.165, 1.54) is 12.8 Å². The lowest BCUT2D eigenvalue weighted by atomic mass is 10.1. The molecule has 1 heterocycles. The van der Waals surface area contributed by atoms with Crippen LogP contribution in [-0.2, 0) is 16.0 Å². The van der Waals surface area contributed by atoms with Gasteiger partial charge in [0.15, 0.2) is 0 Å². The molecular formula is C20H28N2O4. The zero-order chi connectivity index (χ0) is 18.5. The van der Waals surface area contributed by atoms with Crippen molar-refractivity contribution in [3.8, 4) is 11.5 Å². The third-order valence-corrected chi connectivity index (χ3v) is 5.48. The Balaban J connectivity index is 1.54. The molecule has 0 spiro atoms. The van der Waals surface area contributed by atoms with Crippen LogP contribution in [0.25, 0.3) is 0 Å². The Morgan fingerprint density at radius 1 is 1.00 bits per heavy atom. The van der Waals surface area contributed by atoms with Crippen LogP contribution in [0.1, 0.15) is 31.2 Å². The van der Waals surface area contributed by atoms with Crippen molar-refractivity contribution in [2.24, 2.45) is 5.92 Å². The molecule has 1 aliphatic heterocycles. The van der Waals surface area contributed by atoms with Crippen LogP contribution >= 0.6 is 0 Å². The number of amides is 2. The summed E-state index contributed by atoms with van der Waals surface area (Å²) in [5.74, 6) is 1.93. The first-order valence-corrected chi connectivity index (χ1v) is 9.40. The van der Waals surface area contributed by atoms with Crippen molar-refractivity contribution in [1.29, 1.82) is 0 Å². The molecule has 1 saturated carbocycles. The molecule has 3 rings (SSSR count). The van der Waals surface area contributed by atoms with Crippen molar-refractivity contribution in [1.82, 2.24) is 9.80 Å². The number of carbonyl (C=O) groups is 2. The molecule has 2 fully saturated rings. The number of piperazine rings is 1. The summed E-state index contributed by atoms with van der Waals surface area (Å²) in [6.45, 7) is 2.49. The first-order valence-electron chi connectivity index (χ1n) is 9.40. The zero-order valence-electron chi connectivity index (χ0n) is 15.7. The highest BCUT2D eigenvalue weighted by Crippen LogP contribution is 2.27. The molecule has 1 aromatic rings. The second kappa shape index (κ2) is 8.43. The summed E-state index contributed by atoms with van der Waals surface area (Å²) in [5.41, 5.74) is 0.850. The molecule has 6 heteroatoms. The van der Waals surface area contributed by atoms with Crippen LogP contribution in [0.2, 0.25) is 0 Å². The number of hydrogen-bond donors (Lipinski definition) is 0. The molecule has 0 aromatic heterocycles. The maximum atomic E-state index is 12.7. The van der Waals surface area contributed by atoms with Gasteiger partial charge in [-0.3, -0.25) is 9.59 Å². The molecule has 2 amide bonds. The van der Waals surface area contributed by atoms with E-state index in [-0.39, 0.29) is 17.7 Å². The number of rotatable bonds is 5. The lowest BCUT2D eigenvalue weighted by Gasteiger charge is -2.36. The van der Waals surface area contributed by atoms with Crippen LogP contribution in [0.4, 0.5) is 0 Å². The standard InChI is InChI=1S/C20H28N2O4/c1-25-17-8-7-16(18(14-17)26-2)13-19(23)21-9-11-22(12-10-21)20(24)15-5-3-4-6-15/h7-8,14-15H,3-6,9-13H2,1-2H3. The molecule has 0 bridgehead atoms. The van der Waals surface area contributed by atoms with E-state index in [2.05, 4.69) is 0 Å². The lowest BCUT2D eigenvalue weighted by Crippen LogP contribution is -2.52. The zero-order valence-corrected chi connectivity index (χ0v) is 15.7. The van der Waals surface area contributed by atoms with E-state index in [0.717, 1.165) is 18.4 Å². The summed E-state index contributed by atoms with van der Waals surface area (Å²) in [6, 6.07) is 5.50. The van der Waals surface area contributed by atoms with Crippen LogP contribution in [-0.4, -0.2) is 62.0 Å². The third kappa shape index (κ3) is 4.11. The van der Waals surface area contributed by atoms with E-state index in [4.69, 9.17) is 9.47 Å². The average Bonchev–Trinajstić information content (AvgIpc) is 3.22. The van der Waals surface area contributed by atoms with E-state index in [1.54, 1.807) is 20.3 Å². The predicted octanol–water partition coefficient (Wildman–Crippen LogP) is 2.11. The van der Waals surface area contributed by atoms with Gasteiger partial charge in [0, 0.05) is 43.7 Å². The topological polar surface area (TPSA) is 59.1 Å². The lowest BCUT2D eigenvalue weighted by molar-refractivity contribution is -0.141. The Kier molecular flexibility index (Phi) is 6.01. The van der Waals surface area contributed by atoms with Crippen molar-refractivity contribution in [3.05, 3.63) is 23.8 Å². The van der Waals surface area contributed by atoms with Gasteiger partial charge in [-0.2, -0.15) is 0 Å². The molecule has 1 aromatic carbocycles. The second-order valence-electron chi connectivity index (χ2n) is 7.04. The molecule has 0 N–H and O–H groups in total. The molecule has 26 heavy (non-hydrogen) atoms. The summed E-state index contributed by atoms with van der Waals surface area (Å²) in [5, 5.41) is 0. The maximum absolute atomic E-state index is 12.7. The summed E-state index contributed by atoms with van der Waals surface area (Å²) in [7, 11) is 3.20. The highest BCUT2D eigenvalue weighted by atomic mass is 16.5. The fraction of sp³-hybridized carbons (Fsp3) is 0.600. The Labute approximate surface area is 155 Å². The fourth-order valence-electron chi connectivity index (χ4n) is 3.88. The summed E-state index contributed by atoms with van der Waals surface area (Å²) >= 11 is 0. The molecule has 2 aliphatic rings. The first-order chi connectivity index (χ1) is 12.6. The molecular weight excluding hydrogens is 332 g/mol. The summed E-state index contributed by atoms with van der Waals surface area (Å²) in [4.78, 5) is 29.0. The minimum absolute atomic E-state index is 0.0708. The minimum atomic E-state index is 0.0708. The van der Waals surface area contributed by atoms with Crippen molar-refractivity contribution >= 4 is 11.8 Å². The molecule has 1 saturated heterocycles. The monoisotopic (exact) mass is 360 g/mol. The van der Waals surface area contributed by atoms with E-state index < -0.39 is 0 Å². The number of hydrogen-bond acceptors (Lipinski definition) is 4. The number of benzene rings is 1. The van der Waals surface area contributed by atoms with Crippen molar-refractivity contribution in [2.45, 2.75) is 32.1 Å². The molecule has 6 nitrogen and oxygen atoms in total. The SMILES string of the molecule is COc1ccc(CC(=O)N2CCN(C(=O)C3CCCC3)CC2)c(OC)c1. The highest BCUT2D eigenvalue weighted by molar-refractivity contribution is 5.81. The van der Waals surface area contributed by atoms with Gasteiger partial charge in [-0.05, 0) is 18.9 Å². The van der Waals surface area contributed by atoms with E-state index in [0.29, 0.717) is 44.1 Å². The quantitative estimate of drug-likeness (QED) is 0.807. The van der Waals surface area contributed by atoms with Gasteiger partial charge in [0.2, 0.25) is 11.8 Å². The predicted molar refractivity (Wildman–Crippen MR) is 98.4 cm³/mol. The van der Waals surface area contributed by atoms with Crippen LogP contribution in [0.3, 0.4) is 0 Å². The van der Waals surface area contributed by atoms with E-state index >= 15 is 0 Å². The second-order valence-corrected chi connectivity index (χ2v) is 7.04. The van der Waals surface area contributed by atoms with Crippen LogP contribution in [0.5, 0.6) is 11.5 Å². The molecule has 1 aliphatic carbocycles. The number of ether oxygens (including phenoxy) is 2. The van der Waals surface area contributed by atoms with Gasteiger partial charge in [-0.15, -0.1) is 0 Å². The van der Waals surface area contributed by atoms with Crippen molar-refractivity contribution in [2.75, 3.05) is 40.4 Å². The van der Waals surface area contributed by atoms with Gasteiger partial charge in [0.25, 0.3) is 0 Å². The smallest absolute Gasteiger partial charge is 0.227 e. The van der Waals surface area contributed by atoms with Gasteiger partial charge < -0.3 is 19.3 Å². The number of nitrogens with zero attached hydrogens (tertiary/aromatic N) is 2.